The summed E-state index contributed by atoms with van der Waals surface area (Å²) >= 11 is -1.87. The molecule has 1 fully saturated rings. The molecule has 4 N–H and O–H groups in total. The van der Waals surface area contributed by atoms with Gasteiger partial charge in [-0.2, -0.15) is 0 Å². The molecular weight excluding hydrogens is 739 g/mol. The minimum Gasteiger partial charge on any atom is 0 e. The number of carboxylic acid groups (broad SMARTS) is 2. The smallest absolute Gasteiger partial charge is 0 e. The van der Waals surface area contributed by atoms with E-state index >= 15 is 0 Å². The first kappa shape index (κ1) is 46.6. The number of rotatable bonds is 11. The van der Waals surface area contributed by atoms with Crippen LogP contribution in [-0.4, -0.2) is 64.6 Å². The molecule has 0 radical (unpaired) electrons. The summed E-state index contributed by atoms with van der Waals surface area (Å²) in [5.74, 6) is 0.706. The Kier molecular flexibility index (Phi) is 17.9. The molecule has 51 heavy (non-hydrogen) atoms. The standard InChI is InChI=1S/C41H65AsN2O2.CH2O3.Cr/c1-13-42(14-2,15-3)22-18-19-29-23-32(39(4,5)6)24-30(37(29)45)27-43-35-20-16-17-21-36(35)44-28-31-25-33(40(7,8)9)26-34(38(31)46)41(10,11)12;2-1(3)4;/h23-28,35-36,42H,1,13-22H2,2-12H3,(H-,43,44,45,46);(H2,2,3,4);/p+1. The summed E-state index contributed by atoms with van der Waals surface area (Å²) in [4.78, 5) is 18.7. The Hall–Kier alpha value is -2.39. The molecule has 1 saturated carbocycles. The van der Waals surface area contributed by atoms with Gasteiger partial charge < -0.3 is 15.3 Å². The van der Waals surface area contributed by atoms with Crippen molar-refractivity contribution in [3.05, 3.63) is 64.6 Å². The third-order valence-electron chi connectivity index (χ3n) is 10.6. The summed E-state index contributed by atoms with van der Waals surface area (Å²) in [6, 6.07) is 8.68. The Labute approximate surface area is 323 Å². The van der Waals surface area contributed by atoms with Gasteiger partial charge in [-0.3, -0.25) is 0 Å². The van der Waals surface area contributed by atoms with Crippen LogP contribution in [0.15, 0.2) is 34.3 Å². The number of aromatic hydroxyl groups is 2. The second-order valence-electron chi connectivity index (χ2n) is 17.4. The number of phenols is 2. The van der Waals surface area contributed by atoms with Gasteiger partial charge in [-0.05, 0) is 22.5 Å². The van der Waals surface area contributed by atoms with Crippen molar-refractivity contribution in [3.8, 4) is 11.5 Å². The molecule has 2 aromatic carbocycles. The van der Waals surface area contributed by atoms with Crippen LogP contribution in [0.4, 0.5) is 4.79 Å². The molecule has 2 unspecified atom stereocenters. The second kappa shape index (κ2) is 19.6. The van der Waals surface area contributed by atoms with Gasteiger partial charge >= 0.3 is 200 Å². The van der Waals surface area contributed by atoms with Gasteiger partial charge in [0.1, 0.15) is 5.75 Å². The minimum atomic E-state index is -1.87. The van der Waals surface area contributed by atoms with Gasteiger partial charge in [0.05, 0.1) is 0 Å². The number of phenolic OH excluding ortho intramolecular Hbond substituents is 2. The van der Waals surface area contributed by atoms with E-state index in [-0.39, 0.29) is 45.7 Å². The van der Waals surface area contributed by atoms with Crippen LogP contribution in [0.25, 0.3) is 0 Å². The molecule has 9 heteroatoms. The van der Waals surface area contributed by atoms with E-state index in [4.69, 9.17) is 25.0 Å². The molecule has 0 amide bonds. The fourth-order valence-electron chi connectivity index (χ4n) is 6.73. The zero-order valence-electron chi connectivity index (χ0n) is 33.4. The molecule has 2 atom stereocenters. The van der Waals surface area contributed by atoms with Crippen molar-refractivity contribution in [2.24, 2.45) is 9.98 Å². The number of hydrogen-bond acceptors (Lipinski definition) is 5. The quantitative estimate of drug-likeness (QED) is 0.102. The van der Waals surface area contributed by atoms with Crippen LogP contribution in [0.5, 0.6) is 11.5 Å². The third-order valence-corrected chi connectivity index (χ3v) is 22.1. The first-order chi connectivity index (χ1) is 23.1. The average molecular weight is 808 g/mol. The van der Waals surface area contributed by atoms with E-state index in [2.05, 4.69) is 107 Å². The number of hydrogen-bond donors (Lipinski definition) is 4. The van der Waals surface area contributed by atoms with Crippen LogP contribution in [0.1, 0.15) is 142 Å². The molecule has 0 heterocycles. The van der Waals surface area contributed by atoms with Crippen molar-refractivity contribution in [1.29, 1.82) is 0 Å². The van der Waals surface area contributed by atoms with Gasteiger partial charge in [-0.15, -0.1) is 0 Å². The van der Waals surface area contributed by atoms with Crippen molar-refractivity contribution < 1.29 is 42.6 Å². The van der Waals surface area contributed by atoms with Crippen LogP contribution in [0, 0.1) is 6.92 Å². The Balaban J connectivity index is 0.00000246. The van der Waals surface area contributed by atoms with Gasteiger partial charge in [-0.1, -0.05) is 47.6 Å². The fraction of sp³-hybridized carbons (Fsp3) is 0.619. The van der Waals surface area contributed by atoms with E-state index in [1.165, 1.54) is 26.8 Å². The van der Waals surface area contributed by atoms with Gasteiger partial charge in [-0.25, -0.2) is 4.79 Å². The molecule has 1 aliphatic carbocycles. The Bertz CT molecular complexity index is 1470. The summed E-state index contributed by atoms with van der Waals surface area (Å²) in [5.41, 5.74) is 5.78. The molecule has 0 aliphatic heterocycles. The molecule has 3 rings (SSSR count). The Morgan fingerprint density at radius 1 is 0.784 bits per heavy atom. The number of benzene rings is 2. The second-order valence-corrected chi connectivity index (χ2v) is 28.7. The zero-order chi connectivity index (χ0) is 38.1. The van der Waals surface area contributed by atoms with Crippen LogP contribution in [0.2, 0.25) is 20.8 Å². The van der Waals surface area contributed by atoms with Crippen LogP contribution < -0.4 is 0 Å². The average Bonchev–Trinajstić information content (AvgIpc) is 3.01. The van der Waals surface area contributed by atoms with Crippen LogP contribution >= 0.6 is 0 Å². The van der Waals surface area contributed by atoms with Gasteiger partial charge in [0.15, 0.2) is 0 Å². The van der Waals surface area contributed by atoms with E-state index in [1.54, 1.807) is 0 Å². The number of aliphatic imine (C=N–C) groups is 2. The molecular formula is C42H68AsCrN2O5+. The molecule has 1 aliphatic rings. The van der Waals surface area contributed by atoms with Crippen molar-refractivity contribution in [1.82, 2.24) is 0 Å². The van der Waals surface area contributed by atoms with Crippen molar-refractivity contribution >= 4 is 32.1 Å². The first-order valence-electron chi connectivity index (χ1n) is 18.6. The van der Waals surface area contributed by atoms with E-state index in [0.717, 1.165) is 66.0 Å². The molecule has 0 saturated heterocycles. The van der Waals surface area contributed by atoms with Crippen LogP contribution in [0.3, 0.4) is 0 Å². The first-order valence-corrected chi connectivity index (χ1v) is 24.5. The van der Waals surface area contributed by atoms with E-state index in [1.807, 2.05) is 12.4 Å². The molecule has 0 bridgehead atoms. The predicted molar refractivity (Wildman–Crippen MR) is 216 cm³/mol. The van der Waals surface area contributed by atoms with Crippen molar-refractivity contribution in [3.63, 3.8) is 0 Å². The molecule has 7 nitrogen and oxygen atoms in total. The summed E-state index contributed by atoms with van der Waals surface area (Å²) in [6.07, 6.45) is 8.17. The van der Waals surface area contributed by atoms with Crippen molar-refractivity contribution in [2.45, 2.75) is 164 Å². The molecule has 0 spiro atoms. The minimum absolute atomic E-state index is 0. The summed E-state index contributed by atoms with van der Waals surface area (Å²) in [7, 11) is 0. The predicted octanol–water partition coefficient (Wildman–Crippen LogP) is 11.0. The Morgan fingerprint density at radius 2 is 1.22 bits per heavy atom. The third kappa shape index (κ3) is 13.8. The maximum atomic E-state index is 11.5. The summed E-state index contributed by atoms with van der Waals surface area (Å²) in [6.45, 7) is 28.8. The summed E-state index contributed by atoms with van der Waals surface area (Å²) in [5, 5.41) is 41.9. The molecule has 286 valence electrons. The Morgan fingerprint density at radius 3 is 1.61 bits per heavy atom. The van der Waals surface area contributed by atoms with E-state index in [0.29, 0.717) is 11.5 Å². The molecule has 2 aromatic rings. The van der Waals surface area contributed by atoms with Gasteiger partial charge in [0.25, 0.3) is 0 Å². The maximum Gasteiger partial charge on any atom is 0 e. The number of nitrogens with zero attached hydrogens (tertiary/aromatic N) is 2. The fourth-order valence-corrected chi connectivity index (χ4v) is 13.2. The van der Waals surface area contributed by atoms with Gasteiger partial charge in [0, 0.05) is 28.5 Å². The topological polar surface area (TPSA) is 123 Å². The number of carbonyl (C=O) groups is 1. The SMILES string of the molecule is O=C(O)O.[CH2+]C[AsH](CC)(CC)CCCc1cc(C(C)(C)C)cc(C=NC2CCCCC2N=Cc2cc(C(C)(C)C)cc(C(C)(C)C)c2O)c1O.[Cr]. The maximum absolute atomic E-state index is 11.5. The van der Waals surface area contributed by atoms with E-state index in [9.17, 15) is 10.2 Å². The summed E-state index contributed by atoms with van der Waals surface area (Å²) < 4.78 is 0. The normalized spacial score (nSPS) is 17.5. The molecule has 0 aromatic heterocycles. The zero-order valence-corrected chi connectivity index (χ0v) is 36.8. The van der Waals surface area contributed by atoms with Gasteiger partial charge in [0.2, 0.25) is 0 Å². The van der Waals surface area contributed by atoms with E-state index < -0.39 is 19.7 Å². The van der Waals surface area contributed by atoms with Crippen LogP contribution in [-0.2, 0) is 40.0 Å². The van der Waals surface area contributed by atoms with Crippen molar-refractivity contribution in [2.75, 3.05) is 0 Å². The largest absolute Gasteiger partial charge is 0 e. The number of aryl methyl sites for hydroxylation is 1. The monoisotopic (exact) mass is 807 g/mol.